The maximum Gasteiger partial charge on any atom is 0.161 e. The van der Waals surface area contributed by atoms with E-state index in [1.54, 1.807) is 0 Å². The summed E-state index contributed by atoms with van der Waals surface area (Å²) in [6.45, 7) is 7.61. The van der Waals surface area contributed by atoms with E-state index >= 15 is 0 Å². The van der Waals surface area contributed by atoms with Crippen molar-refractivity contribution in [2.75, 3.05) is 11.9 Å². The Balaban J connectivity index is 2.09. The van der Waals surface area contributed by atoms with Crippen LogP contribution in [0.2, 0.25) is 0 Å². The highest BCUT2D eigenvalue weighted by atomic mass is 32.2. The second-order valence-electron chi connectivity index (χ2n) is 4.66. The van der Waals surface area contributed by atoms with Crippen molar-refractivity contribution in [3.63, 3.8) is 0 Å². The predicted octanol–water partition coefficient (Wildman–Crippen LogP) is 4.10. The Morgan fingerprint density at radius 3 is 2.82 bits per heavy atom. The third-order valence-corrected chi connectivity index (χ3v) is 4.27. The normalized spacial score (nSPS) is 19.5. The Morgan fingerprint density at radius 2 is 2.18 bits per heavy atom. The molecule has 0 bridgehead atoms. The summed E-state index contributed by atoms with van der Waals surface area (Å²) < 4.78 is 0. The van der Waals surface area contributed by atoms with Gasteiger partial charge in [-0.25, -0.2) is 0 Å². The largest absolute Gasteiger partial charge is 0.335 e. The number of nitrogens with one attached hydrogen (secondary N) is 1. The molecule has 0 aliphatic carbocycles. The number of rotatable bonds is 3. The minimum absolute atomic E-state index is 0.535. The molecule has 1 unspecified atom stereocenters. The molecule has 1 aromatic carbocycles. The molecule has 0 aromatic heterocycles. The van der Waals surface area contributed by atoms with Gasteiger partial charge in [0, 0.05) is 10.9 Å². The lowest BCUT2D eigenvalue weighted by Gasteiger charge is -2.14. The van der Waals surface area contributed by atoms with Crippen LogP contribution in [0.3, 0.4) is 0 Å². The molecule has 17 heavy (non-hydrogen) atoms. The van der Waals surface area contributed by atoms with Crippen LogP contribution in [0.4, 0.5) is 5.69 Å². The summed E-state index contributed by atoms with van der Waals surface area (Å²) in [6, 6.07) is 8.49. The Bertz CT molecular complexity index is 412. The molecule has 0 saturated heterocycles. The van der Waals surface area contributed by atoms with E-state index in [0.717, 1.165) is 11.7 Å². The molecule has 0 amide bonds. The van der Waals surface area contributed by atoms with E-state index in [1.807, 2.05) is 11.8 Å². The van der Waals surface area contributed by atoms with Gasteiger partial charge in [-0.2, -0.15) is 0 Å². The first-order valence-electron chi connectivity index (χ1n) is 6.27. The van der Waals surface area contributed by atoms with E-state index in [0.29, 0.717) is 11.2 Å². The first-order valence-corrected chi connectivity index (χ1v) is 7.15. The summed E-state index contributed by atoms with van der Waals surface area (Å²) in [7, 11) is 0. The van der Waals surface area contributed by atoms with Crippen molar-refractivity contribution in [2.45, 2.75) is 38.4 Å². The molecule has 1 aromatic rings. The average molecular weight is 248 g/mol. The quantitative estimate of drug-likeness (QED) is 0.870. The second-order valence-corrected chi connectivity index (χ2v) is 5.95. The average Bonchev–Trinajstić information content (AvgIpc) is 2.77. The lowest BCUT2D eigenvalue weighted by molar-refractivity contribution is 0.843. The Kier molecular flexibility index (Phi) is 4.11. The molecular formula is C14H20N2S. The van der Waals surface area contributed by atoms with Crippen molar-refractivity contribution in [2.24, 2.45) is 4.99 Å². The summed E-state index contributed by atoms with van der Waals surface area (Å²) in [5, 5.41) is 5.20. The standard InChI is InChI=1S/C14H20N2S/c1-4-11-9-15-14(17-11)16-13-8-6-5-7-12(13)10(2)3/h5-8,10-11H,4,9H2,1-3H3,(H,15,16). The molecule has 2 nitrogen and oxygen atoms in total. The zero-order valence-electron chi connectivity index (χ0n) is 10.7. The highest BCUT2D eigenvalue weighted by molar-refractivity contribution is 8.15. The fourth-order valence-corrected chi connectivity index (χ4v) is 2.88. The van der Waals surface area contributed by atoms with Gasteiger partial charge in [0.25, 0.3) is 0 Å². The van der Waals surface area contributed by atoms with E-state index in [4.69, 9.17) is 0 Å². The van der Waals surface area contributed by atoms with Gasteiger partial charge in [-0.15, -0.1) is 0 Å². The van der Waals surface area contributed by atoms with Crippen molar-refractivity contribution in [3.8, 4) is 0 Å². The lowest BCUT2D eigenvalue weighted by atomic mass is 10.0. The van der Waals surface area contributed by atoms with Crippen molar-refractivity contribution in [1.82, 2.24) is 0 Å². The van der Waals surface area contributed by atoms with Crippen LogP contribution in [-0.2, 0) is 0 Å². The fourth-order valence-electron chi connectivity index (χ4n) is 1.93. The van der Waals surface area contributed by atoms with Crippen LogP contribution in [0.15, 0.2) is 29.3 Å². The third-order valence-electron chi connectivity index (χ3n) is 3.00. The molecule has 0 spiro atoms. The molecule has 1 heterocycles. The number of hydrogen-bond donors (Lipinski definition) is 1. The number of hydrogen-bond acceptors (Lipinski definition) is 3. The van der Waals surface area contributed by atoms with Crippen LogP contribution >= 0.6 is 11.8 Å². The van der Waals surface area contributed by atoms with E-state index in [9.17, 15) is 0 Å². The number of benzene rings is 1. The highest BCUT2D eigenvalue weighted by Crippen LogP contribution is 2.28. The molecule has 0 saturated carbocycles. The molecule has 2 rings (SSSR count). The molecule has 0 radical (unpaired) electrons. The van der Waals surface area contributed by atoms with Gasteiger partial charge in [0.2, 0.25) is 0 Å². The molecule has 0 fully saturated rings. The van der Waals surface area contributed by atoms with Crippen LogP contribution in [0.5, 0.6) is 0 Å². The van der Waals surface area contributed by atoms with Gasteiger partial charge >= 0.3 is 0 Å². The summed E-state index contributed by atoms with van der Waals surface area (Å²) in [5.41, 5.74) is 2.56. The molecule has 1 atom stereocenters. The molecule has 1 N–H and O–H groups in total. The van der Waals surface area contributed by atoms with E-state index in [-0.39, 0.29) is 0 Å². The number of nitrogens with zero attached hydrogens (tertiary/aromatic N) is 1. The number of amidine groups is 1. The van der Waals surface area contributed by atoms with Gasteiger partial charge < -0.3 is 5.32 Å². The van der Waals surface area contributed by atoms with Gasteiger partial charge in [-0.05, 0) is 24.0 Å². The minimum atomic E-state index is 0.535. The molecule has 3 heteroatoms. The SMILES string of the molecule is CCC1CN=C(Nc2ccccc2C(C)C)S1. The highest BCUT2D eigenvalue weighted by Gasteiger charge is 2.18. The van der Waals surface area contributed by atoms with E-state index < -0.39 is 0 Å². The van der Waals surface area contributed by atoms with Crippen LogP contribution in [0, 0.1) is 0 Å². The van der Waals surface area contributed by atoms with Gasteiger partial charge in [0.15, 0.2) is 5.17 Å². The van der Waals surface area contributed by atoms with Gasteiger partial charge in [0.1, 0.15) is 0 Å². The van der Waals surface area contributed by atoms with Crippen LogP contribution in [0.1, 0.15) is 38.7 Å². The first kappa shape index (κ1) is 12.5. The first-order chi connectivity index (χ1) is 8.20. The van der Waals surface area contributed by atoms with Crippen molar-refractivity contribution in [1.29, 1.82) is 0 Å². The van der Waals surface area contributed by atoms with Crippen molar-refractivity contribution < 1.29 is 0 Å². The third kappa shape index (κ3) is 3.03. The van der Waals surface area contributed by atoms with Crippen LogP contribution in [0.25, 0.3) is 0 Å². The molecule has 1 aliphatic heterocycles. The summed E-state index contributed by atoms with van der Waals surface area (Å²) in [4.78, 5) is 4.55. The summed E-state index contributed by atoms with van der Waals surface area (Å²) >= 11 is 1.86. The summed E-state index contributed by atoms with van der Waals surface area (Å²) in [5.74, 6) is 0.535. The maximum absolute atomic E-state index is 4.55. The van der Waals surface area contributed by atoms with Gasteiger partial charge in [-0.1, -0.05) is 50.7 Å². The number of para-hydroxylation sites is 1. The Labute approximate surface area is 108 Å². The minimum Gasteiger partial charge on any atom is -0.335 e. The van der Waals surface area contributed by atoms with Gasteiger partial charge in [0.05, 0.1) is 6.54 Å². The van der Waals surface area contributed by atoms with Crippen LogP contribution in [-0.4, -0.2) is 17.0 Å². The smallest absolute Gasteiger partial charge is 0.161 e. The van der Waals surface area contributed by atoms with Crippen molar-refractivity contribution >= 4 is 22.6 Å². The van der Waals surface area contributed by atoms with E-state index in [2.05, 4.69) is 55.3 Å². The maximum atomic E-state index is 4.55. The molecule has 92 valence electrons. The van der Waals surface area contributed by atoms with Crippen LogP contribution < -0.4 is 5.32 Å². The van der Waals surface area contributed by atoms with Gasteiger partial charge in [-0.3, -0.25) is 4.99 Å². The number of anilines is 1. The second kappa shape index (κ2) is 5.58. The predicted molar refractivity (Wildman–Crippen MR) is 78.1 cm³/mol. The lowest BCUT2D eigenvalue weighted by Crippen LogP contribution is -2.09. The Hall–Kier alpha value is -0.960. The molecular weight excluding hydrogens is 228 g/mol. The topological polar surface area (TPSA) is 24.4 Å². The monoisotopic (exact) mass is 248 g/mol. The summed E-state index contributed by atoms with van der Waals surface area (Å²) in [6.07, 6.45) is 1.19. The van der Waals surface area contributed by atoms with Crippen molar-refractivity contribution in [3.05, 3.63) is 29.8 Å². The zero-order chi connectivity index (χ0) is 12.3. The molecule has 1 aliphatic rings. The zero-order valence-corrected chi connectivity index (χ0v) is 11.6. The van der Waals surface area contributed by atoms with E-state index in [1.165, 1.54) is 17.7 Å². The fraction of sp³-hybridized carbons (Fsp3) is 0.500. The Morgan fingerprint density at radius 1 is 1.41 bits per heavy atom. The number of thioether (sulfide) groups is 1. The number of aliphatic imine (C=N–C) groups is 1.